The van der Waals surface area contributed by atoms with E-state index in [0.717, 1.165) is 74.4 Å². The van der Waals surface area contributed by atoms with Gasteiger partial charge in [0.15, 0.2) is 0 Å². The summed E-state index contributed by atoms with van der Waals surface area (Å²) in [6.07, 6.45) is 1.98. The molecular weight excluding hydrogens is 482 g/mol. The van der Waals surface area contributed by atoms with Gasteiger partial charge in [0.2, 0.25) is 0 Å². The number of aromatic nitrogens is 1. The predicted octanol–water partition coefficient (Wildman–Crippen LogP) is 5.45. The van der Waals surface area contributed by atoms with Gasteiger partial charge in [0.25, 0.3) is 5.91 Å². The lowest BCUT2D eigenvalue weighted by molar-refractivity contribution is 0.0713. The molecule has 0 aliphatic carbocycles. The Kier molecular flexibility index (Phi) is 7.05. The predicted molar refractivity (Wildman–Crippen MR) is 161 cm³/mol. The number of hydrogen-bond acceptors (Lipinski definition) is 4. The number of para-hydroxylation sites is 3. The van der Waals surface area contributed by atoms with Crippen LogP contribution in [0.4, 0.5) is 11.4 Å². The average Bonchev–Trinajstić information content (AvgIpc) is 3.47. The van der Waals surface area contributed by atoms with Crippen LogP contribution >= 0.6 is 0 Å². The molecule has 0 unspecified atom stereocenters. The topological polar surface area (TPSA) is 35.0 Å². The third-order valence-corrected chi connectivity index (χ3v) is 8.49. The Morgan fingerprint density at radius 1 is 0.872 bits per heavy atom. The highest BCUT2D eigenvalue weighted by molar-refractivity contribution is 6.08. The largest absolute Gasteiger partial charge is 0.351 e. The average molecular weight is 522 g/mol. The van der Waals surface area contributed by atoms with E-state index >= 15 is 0 Å². The van der Waals surface area contributed by atoms with Gasteiger partial charge in [-0.3, -0.25) is 4.79 Å². The first-order valence-corrected chi connectivity index (χ1v) is 14.2. The number of likely N-dealkylation sites (tertiary alicyclic amines) is 1. The highest BCUT2D eigenvalue weighted by Crippen LogP contribution is 2.39. The van der Waals surface area contributed by atoms with Gasteiger partial charge in [0, 0.05) is 55.4 Å². The fraction of sp³-hybridized carbons (Fsp3) is 0.364. The molecule has 0 atom stereocenters. The van der Waals surface area contributed by atoms with Crippen LogP contribution in [0.2, 0.25) is 0 Å². The van der Waals surface area contributed by atoms with Crippen molar-refractivity contribution in [3.63, 3.8) is 0 Å². The zero-order valence-corrected chi connectivity index (χ0v) is 23.4. The monoisotopic (exact) mass is 521 g/mol. The molecular formula is C33H39N5O. The zero-order chi connectivity index (χ0) is 26.9. The second-order valence-electron chi connectivity index (χ2n) is 11.2. The SMILES string of the molecule is Cc1c(C(=O)N2CCC(N3CN(CCN(C)C)c4ccccc43)CC2)c2ccccc2n1Cc1ccccc1. The van der Waals surface area contributed by atoms with Crippen LogP contribution in [0.3, 0.4) is 0 Å². The summed E-state index contributed by atoms with van der Waals surface area (Å²) >= 11 is 0. The van der Waals surface area contributed by atoms with Crippen LogP contribution in [-0.4, -0.2) is 73.3 Å². The van der Waals surface area contributed by atoms with Crippen molar-refractivity contribution < 1.29 is 4.79 Å². The van der Waals surface area contributed by atoms with Crippen molar-refractivity contribution in [2.24, 2.45) is 0 Å². The van der Waals surface area contributed by atoms with Crippen molar-refractivity contribution >= 4 is 28.2 Å². The highest BCUT2D eigenvalue weighted by Gasteiger charge is 2.34. The van der Waals surface area contributed by atoms with Gasteiger partial charge in [-0.25, -0.2) is 0 Å². The summed E-state index contributed by atoms with van der Waals surface area (Å²) in [6, 6.07) is 28.1. The van der Waals surface area contributed by atoms with Crippen molar-refractivity contribution in [3.05, 3.63) is 95.7 Å². The number of nitrogens with zero attached hydrogens (tertiary/aromatic N) is 5. The number of piperidine rings is 1. The van der Waals surface area contributed by atoms with E-state index in [1.807, 2.05) is 12.1 Å². The maximum absolute atomic E-state index is 14.0. The molecule has 0 saturated carbocycles. The van der Waals surface area contributed by atoms with Crippen LogP contribution < -0.4 is 9.80 Å². The lowest BCUT2D eigenvalue weighted by Gasteiger charge is -2.38. The summed E-state index contributed by atoms with van der Waals surface area (Å²) in [5.74, 6) is 0.170. The molecule has 1 amide bonds. The molecule has 6 rings (SSSR count). The number of carbonyl (C=O) groups excluding carboxylic acids is 1. The van der Waals surface area contributed by atoms with E-state index in [1.165, 1.54) is 16.9 Å². The summed E-state index contributed by atoms with van der Waals surface area (Å²) in [5, 5.41) is 1.06. The van der Waals surface area contributed by atoms with E-state index in [4.69, 9.17) is 0 Å². The van der Waals surface area contributed by atoms with E-state index in [2.05, 4.69) is 112 Å². The van der Waals surface area contributed by atoms with E-state index in [0.29, 0.717) is 6.04 Å². The summed E-state index contributed by atoms with van der Waals surface area (Å²) in [7, 11) is 4.26. The Morgan fingerprint density at radius 2 is 1.54 bits per heavy atom. The summed E-state index contributed by atoms with van der Waals surface area (Å²) in [5.41, 5.74) is 6.95. The van der Waals surface area contributed by atoms with Crippen LogP contribution in [-0.2, 0) is 6.54 Å². The third-order valence-electron chi connectivity index (χ3n) is 8.49. The summed E-state index contributed by atoms with van der Waals surface area (Å²) in [6.45, 7) is 7.43. The van der Waals surface area contributed by atoms with Crippen LogP contribution in [0.15, 0.2) is 78.9 Å². The first-order chi connectivity index (χ1) is 19.0. The Balaban J connectivity index is 1.19. The highest BCUT2D eigenvalue weighted by atomic mass is 16.2. The first kappa shape index (κ1) is 25.5. The standard InChI is InChI=1S/C33H39N5O/c1-25-32(28-13-7-8-14-29(28)37(25)23-26-11-5-4-6-12-26)33(39)35-19-17-27(18-20-35)38-24-36(22-21-34(2)3)30-15-9-10-16-31(30)38/h4-16,27H,17-24H2,1-3H3. The Bertz CT molecular complexity index is 1450. The number of likely N-dealkylation sites (N-methyl/N-ethyl adjacent to an activating group) is 1. The molecule has 1 aromatic heterocycles. The van der Waals surface area contributed by atoms with Crippen LogP contribution in [0.25, 0.3) is 10.9 Å². The second kappa shape index (κ2) is 10.8. The molecule has 0 spiro atoms. The second-order valence-corrected chi connectivity index (χ2v) is 11.2. The van der Waals surface area contributed by atoms with Crippen molar-refractivity contribution in [1.82, 2.24) is 14.4 Å². The lowest BCUT2D eigenvalue weighted by atomic mass is 10.0. The molecule has 2 aliphatic rings. The minimum absolute atomic E-state index is 0.170. The van der Waals surface area contributed by atoms with Gasteiger partial charge in [0.05, 0.1) is 23.6 Å². The minimum Gasteiger partial charge on any atom is -0.351 e. The molecule has 0 radical (unpaired) electrons. The van der Waals surface area contributed by atoms with E-state index < -0.39 is 0 Å². The van der Waals surface area contributed by atoms with Gasteiger partial charge in [-0.1, -0.05) is 60.7 Å². The quantitative estimate of drug-likeness (QED) is 0.324. The molecule has 0 N–H and O–H groups in total. The first-order valence-electron chi connectivity index (χ1n) is 14.2. The van der Waals surface area contributed by atoms with Crippen LogP contribution in [0.1, 0.15) is 34.5 Å². The summed E-state index contributed by atoms with van der Waals surface area (Å²) < 4.78 is 2.30. The number of amides is 1. The molecule has 3 aromatic carbocycles. The van der Waals surface area contributed by atoms with Crippen molar-refractivity contribution in [1.29, 1.82) is 0 Å². The smallest absolute Gasteiger partial charge is 0.256 e. The molecule has 1 fully saturated rings. The fourth-order valence-electron chi connectivity index (χ4n) is 6.34. The number of carbonyl (C=O) groups is 1. The zero-order valence-electron chi connectivity index (χ0n) is 23.4. The molecule has 6 nitrogen and oxygen atoms in total. The van der Waals surface area contributed by atoms with Gasteiger partial charge >= 0.3 is 0 Å². The maximum atomic E-state index is 14.0. The Morgan fingerprint density at radius 3 is 2.28 bits per heavy atom. The summed E-state index contributed by atoms with van der Waals surface area (Å²) in [4.78, 5) is 23.4. The van der Waals surface area contributed by atoms with E-state index in [9.17, 15) is 4.79 Å². The Labute approximate surface area is 232 Å². The van der Waals surface area contributed by atoms with Crippen LogP contribution in [0, 0.1) is 6.92 Å². The van der Waals surface area contributed by atoms with Crippen molar-refractivity contribution in [2.45, 2.75) is 32.4 Å². The van der Waals surface area contributed by atoms with Gasteiger partial charge in [-0.2, -0.15) is 0 Å². The normalized spacial score (nSPS) is 15.9. The lowest BCUT2D eigenvalue weighted by Crippen LogP contribution is -2.48. The van der Waals surface area contributed by atoms with Gasteiger partial charge < -0.3 is 24.2 Å². The Hall–Kier alpha value is -3.77. The third kappa shape index (κ3) is 4.89. The number of benzene rings is 3. The van der Waals surface area contributed by atoms with E-state index in [1.54, 1.807) is 0 Å². The molecule has 6 heteroatoms. The molecule has 202 valence electrons. The van der Waals surface area contributed by atoms with Gasteiger partial charge in [-0.15, -0.1) is 0 Å². The van der Waals surface area contributed by atoms with Gasteiger partial charge in [-0.05, 0) is 57.6 Å². The molecule has 4 aromatic rings. The number of fused-ring (bicyclic) bond motifs is 2. The van der Waals surface area contributed by atoms with Gasteiger partial charge in [0.1, 0.15) is 0 Å². The van der Waals surface area contributed by atoms with Crippen LogP contribution in [0.5, 0.6) is 0 Å². The molecule has 2 aliphatic heterocycles. The molecule has 39 heavy (non-hydrogen) atoms. The number of anilines is 2. The number of hydrogen-bond donors (Lipinski definition) is 0. The van der Waals surface area contributed by atoms with Crippen molar-refractivity contribution in [3.8, 4) is 0 Å². The molecule has 1 saturated heterocycles. The fourth-order valence-corrected chi connectivity index (χ4v) is 6.34. The van der Waals surface area contributed by atoms with Crippen molar-refractivity contribution in [2.75, 3.05) is 56.7 Å². The van der Waals surface area contributed by atoms with E-state index in [-0.39, 0.29) is 5.91 Å². The molecule has 0 bridgehead atoms. The maximum Gasteiger partial charge on any atom is 0.256 e. The molecule has 3 heterocycles. The minimum atomic E-state index is 0.170. The number of rotatable bonds is 7.